The van der Waals surface area contributed by atoms with Crippen molar-refractivity contribution in [3.8, 4) is 0 Å². The van der Waals surface area contributed by atoms with E-state index in [4.69, 9.17) is 16.3 Å². The van der Waals surface area contributed by atoms with E-state index in [0.717, 1.165) is 17.7 Å². The van der Waals surface area contributed by atoms with Crippen molar-refractivity contribution < 1.29 is 17.9 Å². The smallest absolute Gasteiger partial charge is 0.414 e. The maximum Gasteiger partial charge on any atom is 0.414 e. The maximum absolute atomic E-state index is 12.3. The number of halogens is 1. The molecular weight excluding hydrogens is 364 g/mol. The molecule has 8 heteroatoms. The largest absolute Gasteiger partial charge is 0.444 e. The van der Waals surface area contributed by atoms with Crippen molar-refractivity contribution >= 4 is 33.4 Å². The van der Waals surface area contributed by atoms with E-state index in [9.17, 15) is 13.2 Å². The molecule has 6 nitrogen and oxygen atoms in total. The number of amides is 1. The van der Waals surface area contributed by atoms with Crippen LogP contribution in [-0.4, -0.2) is 43.7 Å². The SMILES string of the molecule is CCCCS(=O)(=O)N1CCC(N2C(=O)OCc3cc(Cl)ccc32)CC1. The molecule has 1 aromatic carbocycles. The first-order chi connectivity index (χ1) is 11.9. The number of rotatable bonds is 5. The number of fused-ring (bicyclic) bond motifs is 1. The Hall–Kier alpha value is -1.31. The zero-order valence-corrected chi connectivity index (χ0v) is 15.9. The van der Waals surface area contributed by atoms with E-state index in [1.807, 2.05) is 13.0 Å². The van der Waals surface area contributed by atoms with E-state index >= 15 is 0 Å². The summed E-state index contributed by atoms with van der Waals surface area (Å²) in [6.07, 6.45) is 2.36. The molecule has 25 heavy (non-hydrogen) atoms. The molecule has 1 saturated heterocycles. The lowest BCUT2D eigenvalue weighted by Gasteiger charge is -2.39. The molecule has 2 heterocycles. The van der Waals surface area contributed by atoms with Crippen LogP contribution in [-0.2, 0) is 21.4 Å². The summed E-state index contributed by atoms with van der Waals surface area (Å²) in [6.45, 7) is 3.07. The van der Waals surface area contributed by atoms with Gasteiger partial charge in [0.2, 0.25) is 10.0 Å². The summed E-state index contributed by atoms with van der Waals surface area (Å²) in [5.74, 6) is 0.196. The summed E-state index contributed by atoms with van der Waals surface area (Å²) in [5, 5.41) is 0.605. The van der Waals surface area contributed by atoms with Gasteiger partial charge in [0.05, 0.1) is 11.4 Å². The van der Waals surface area contributed by atoms with Crippen molar-refractivity contribution in [2.24, 2.45) is 0 Å². The number of carbonyl (C=O) groups excluding carboxylic acids is 1. The van der Waals surface area contributed by atoms with Gasteiger partial charge in [0.1, 0.15) is 6.61 Å². The number of unbranched alkanes of at least 4 members (excludes halogenated alkanes) is 1. The molecular formula is C17H23ClN2O4S. The Labute approximate surface area is 153 Å². The minimum Gasteiger partial charge on any atom is -0.444 e. The normalized spacial score (nSPS) is 19.6. The van der Waals surface area contributed by atoms with Crippen LogP contribution in [0.5, 0.6) is 0 Å². The van der Waals surface area contributed by atoms with E-state index in [1.165, 1.54) is 0 Å². The number of sulfonamides is 1. The summed E-state index contributed by atoms with van der Waals surface area (Å²) in [5.41, 5.74) is 1.69. The highest BCUT2D eigenvalue weighted by molar-refractivity contribution is 7.89. The van der Waals surface area contributed by atoms with E-state index in [1.54, 1.807) is 21.3 Å². The molecule has 0 aromatic heterocycles. The lowest BCUT2D eigenvalue weighted by molar-refractivity contribution is 0.136. The monoisotopic (exact) mass is 386 g/mol. The molecule has 0 spiro atoms. The maximum atomic E-state index is 12.3. The fraction of sp³-hybridized carbons (Fsp3) is 0.588. The van der Waals surface area contributed by atoms with Crippen molar-refractivity contribution in [1.82, 2.24) is 4.31 Å². The second kappa shape index (κ2) is 7.51. The van der Waals surface area contributed by atoms with E-state index < -0.39 is 10.0 Å². The van der Waals surface area contributed by atoms with Gasteiger partial charge in [-0.15, -0.1) is 0 Å². The molecule has 2 aliphatic heterocycles. The predicted molar refractivity (Wildman–Crippen MR) is 97.4 cm³/mol. The standard InChI is InChI=1S/C17H23ClN2O4S/c1-2-3-10-25(22,23)19-8-6-15(7-9-19)20-16-5-4-14(18)11-13(16)12-24-17(20)21/h4-5,11,15H,2-3,6-10,12H2,1H3. The number of ether oxygens (including phenoxy) is 1. The Morgan fingerprint density at radius 2 is 2.00 bits per heavy atom. The highest BCUT2D eigenvalue weighted by atomic mass is 35.5. The fourth-order valence-electron chi connectivity index (χ4n) is 3.39. The lowest BCUT2D eigenvalue weighted by Crippen LogP contribution is -2.50. The fourth-order valence-corrected chi connectivity index (χ4v) is 5.27. The van der Waals surface area contributed by atoms with Gasteiger partial charge in [-0.05, 0) is 37.5 Å². The quantitative estimate of drug-likeness (QED) is 0.777. The third-order valence-corrected chi connectivity index (χ3v) is 6.98. The summed E-state index contributed by atoms with van der Waals surface area (Å²) in [6, 6.07) is 5.34. The van der Waals surface area contributed by atoms with Gasteiger partial charge < -0.3 is 4.74 Å². The van der Waals surface area contributed by atoms with Crippen molar-refractivity contribution in [2.75, 3.05) is 23.7 Å². The Balaban J connectivity index is 1.72. The molecule has 2 aliphatic rings. The van der Waals surface area contributed by atoms with Gasteiger partial charge >= 0.3 is 6.09 Å². The molecule has 3 rings (SSSR count). The number of anilines is 1. The number of carbonyl (C=O) groups is 1. The van der Waals surface area contributed by atoms with Crippen LogP contribution in [0.4, 0.5) is 10.5 Å². The Bertz CT molecular complexity index is 745. The molecule has 0 radical (unpaired) electrons. The van der Waals surface area contributed by atoms with Gasteiger partial charge in [-0.3, -0.25) is 4.90 Å². The zero-order chi connectivity index (χ0) is 18.0. The number of cyclic esters (lactones) is 1. The van der Waals surface area contributed by atoms with Crippen LogP contribution in [0.15, 0.2) is 18.2 Å². The highest BCUT2D eigenvalue weighted by Crippen LogP contribution is 2.33. The third kappa shape index (κ3) is 3.93. The third-order valence-electron chi connectivity index (χ3n) is 4.79. The molecule has 0 N–H and O–H groups in total. The van der Waals surface area contributed by atoms with Crippen molar-refractivity contribution in [3.63, 3.8) is 0 Å². The molecule has 0 aliphatic carbocycles. The molecule has 0 bridgehead atoms. The van der Waals surface area contributed by atoms with E-state index in [-0.39, 0.29) is 24.5 Å². The Kier molecular flexibility index (Phi) is 5.55. The summed E-state index contributed by atoms with van der Waals surface area (Å²) < 4.78 is 31.5. The number of hydrogen-bond donors (Lipinski definition) is 0. The van der Waals surface area contributed by atoms with Gasteiger partial charge in [-0.1, -0.05) is 24.9 Å². The van der Waals surface area contributed by atoms with Gasteiger partial charge in [0.15, 0.2) is 0 Å². The second-order valence-electron chi connectivity index (χ2n) is 6.50. The highest BCUT2D eigenvalue weighted by Gasteiger charge is 2.36. The van der Waals surface area contributed by atoms with Gasteiger partial charge in [0, 0.05) is 29.7 Å². The molecule has 0 atom stereocenters. The number of benzene rings is 1. The van der Waals surface area contributed by atoms with Crippen LogP contribution in [0.2, 0.25) is 5.02 Å². The van der Waals surface area contributed by atoms with Crippen LogP contribution in [0.25, 0.3) is 0 Å². The Morgan fingerprint density at radius 1 is 1.28 bits per heavy atom. The predicted octanol–water partition coefficient (Wildman–Crippen LogP) is 3.39. The minimum absolute atomic E-state index is 0.0645. The van der Waals surface area contributed by atoms with E-state index in [0.29, 0.717) is 37.4 Å². The summed E-state index contributed by atoms with van der Waals surface area (Å²) in [7, 11) is -3.20. The number of hydrogen-bond acceptors (Lipinski definition) is 4. The van der Waals surface area contributed by atoms with Crippen LogP contribution in [0, 0.1) is 0 Å². The molecule has 138 valence electrons. The van der Waals surface area contributed by atoms with Crippen molar-refractivity contribution in [3.05, 3.63) is 28.8 Å². The van der Waals surface area contributed by atoms with Crippen molar-refractivity contribution in [1.29, 1.82) is 0 Å². The van der Waals surface area contributed by atoms with Crippen LogP contribution in [0.1, 0.15) is 38.2 Å². The van der Waals surface area contributed by atoms with Crippen LogP contribution in [0.3, 0.4) is 0 Å². The van der Waals surface area contributed by atoms with Gasteiger partial charge in [-0.25, -0.2) is 17.5 Å². The molecule has 1 fully saturated rings. The average Bonchev–Trinajstić information content (AvgIpc) is 2.60. The van der Waals surface area contributed by atoms with Crippen molar-refractivity contribution in [2.45, 2.75) is 45.3 Å². The number of piperidine rings is 1. The first-order valence-electron chi connectivity index (χ1n) is 8.64. The first-order valence-corrected chi connectivity index (χ1v) is 10.6. The van der Waals surface area contributed by atoms with Crippen LogP contribution >= 0.6 is 11.6 Å². The molecule has 0 saturated carbocycles. The molecule has 1 aromatic rings. The number of nitrogens with zero attached hydrogens (tertiary/aromatic N) is 2. The average molecular weight is 387 g/mol. The second-order valence-corrected chi connectivity index (χ2v) is 9.02. The molecule has 0 unspecified atom stereocenters. The summed E-state index contributed by atoms with van der Waals surface area (Å²) >= 11 is 6.03. The minimum atomic E-state index is -3.20. The van der Waals surface area contributed by atoms with E-state index in [2.05, 4.69) is 0 Å². The summed E-state index contributed by atoms with van der Waals surface area (Å²) in [4.78, 5) is 14.0. The molecule has 1 amide bonds. The first kappa shape index (κ1) is 18.5. The van der Waals surface area contributed by atoms with Crippen LogP contribution < -0.4 is 4.90 Å². The zero-order valence-electron chi connectivity index (χ0n) is 14.3. The lowest BCUT2D eigenvalue weighted by atomic mass is 10.0. The Morgan fingerprint density at radius 3 is 2.68 bits per heavy atom. The van der Waals surface area contributed by atoms with Gasteiger partial charge in [0.25, 0.3) is 0 Å². The van der Waals surface area contributed by atoms with Gasteiger partial charge in [-0.2, -0.15) is 0 Å². The topological polar surface area (TPSA) is 66.9 Å².